The van der Waals surface area contributed by atoms with Crippen molar-refractivity contribution in [1.29, 1.82) is 0 Å². The summed E-state index contributed by atoms with van der Waals surface area (Å²) in [6, 6.07) is 0. The van der Waals surface area contributed by atoms with E-state index in [0.717, 1.165) is 12.4 Å². The van der Waals surface area contributed by atoms with Crippen molar-refractivity contribution in [2.45, 2.75) is 58.5 Å². The maximum atomic E-state index is 6.26. The van der Waals surface area contributed by atoms with Crippen molar-refractivity contribution in [3.05, 3.63) is 24.0 Å². The van der Waals surface area contributed by atoms with E-state index in [-0.39, 0.29) is 5.04 Å². The smallest absolute Gasteiger partial charge is 0.242 e. The zero-order valence-electron chi connectivity index (χ0n) is 13.8. The summed E-state index contributed by atoms with van der Waals surface area (Å²) in [6.07, 6.45) is 6.49. The topological polar surface area (TPSA) is 18.5 Å². The number of allylic oxidation sites excluding steroid dienone is 1. The molecule has 0 aromatic carbocycles. The van der Waals surface area contributed by atoms with Gasteiger partial charge in [0.2, 0.25) is 8.32 Å². The van der Waals surface area contributed by atoms with Crippen LogP contribution in [0.4, 0.5) is 0 Å². The monoisotopic (exact) mass is 298 g/mol. The Labute approximate surface area is 121 Å². The van der Waals surface area contributed by atoms with E-state index in [1.807, 2.05) is 0 Å². The van der Waals surface area contributed by atoms with Crippen LogP contribution in [0, 0.1) is 5.92 Å². The maximum absolute atomic E-state index is 6.26. The lowest BCUT2D eigenvalue weighted by molar-refractivity contribution is 0.269. The maximum Gasteiger partial charge on any atom is 0.242 e. The van der Waals surface area contributed by atoms with Gasteiger partial charge in [-0.25, -0.2) is 0 Å². The van der Waals surface area contributed by atoms with Gasteiger partial charge in [-0.2, -0.15) is 0 Å². The van der Waals surface area contributed by atoms with Gasteiger partial charge in [-0.3, -0.25) is 0 Å². The Morgan fingerprint density at radius 2 is 1.68 bits per heavy atom. The van der Waals surface area contributed by atoms with E-state index in [1.54, 1.807) is 0 Å². The molecule has 1 atom stereocenters. The molecule has 0 saturated heterocycles. The Morgan fingerprint density at radius 3 is 2.16 bits per heavy atom. The van der Waals surface area contributed by atoms with Gasteiger partial charge in [0.25, 0.3) is 0 Å². The second-order valence-corrected chi connectivity index (χ2v) is 17.1. The molecule has 0 heterocycles. The summed E-state index contributed by atoms with van der Waals surface area (Å²) in [5.41, 5.74) is 0. The molecule has 1 unspecified atom stereocenters. The van der Waals surface area contributed by atoms with E-state index in [9.17, 15) is 0 Å². The average Bonchev–Trinajstić information content (AvgIpc) is 2.58. The molecule has 0 saturated carbocycles. The third-order valence-corrected chi connectivity index (χ3v) is 9.10. The van der Waals surface area contributed by atoms with Crippen LogP contribution in [0.1, 0.15) is 20.8 Å². The molecular formula is C15H30O2Si2. The largest absolute Gasteiger partial charge is 0.545 e. The zero-order chi connectivity index (χ0) is 14.9. The van der Waals surface area contributed by atoms with Gasteiger partial charge in [-0.05, 0) is 49.9 Å². The molecule has 2 nitrogen and oxygen atoms in total. The van der Waals surface area contributed by atoms with Crippen LogP contribution in [0.15, 0.2) is 24.0 Å². The third kappa shape index (κ3) is 5.28. The fourth-order valence-corrected chi connectivity index (χ4v) is 3.47. The van der Waals surface area contributed by atoms with Crippen molar-refractivity contribution in [2.24, 2.45) is 5.92 Å². The van der Waals surface area contributed by atoms with Crippen LogP contribution in [-0.2, 0) is 8.85 Å². The van der Waals surface area contributed by atoms with E-state index in [1.165, 1.54) is 0 Å². The van der Waals surface area contributed by atoms with Gasteiger partial charge in [-0.1, -0.05) is 26.8 Å². The van der Waals surface area contributed by atoms with Gasteiger partial charge < -0.3 is 8.85 Å². The minimum Gasteiger partial charge on any atom is -0.545 e. The Morgan fingerprint density at radius 1 is 1.11 bits per heavy atom. The molecule has 0 amide bonds. The standard InChI is InChI=1S/C15H30O2Si2/c1-15(2,3)19(7,8)16-12-13-9-10-14(11-13)17-18(4,5)6/h9-11,13H,12H2,1-8H3. The molecule has 1 rings (SSSR count). The van der Waals surface area contributed by atoms with Gasteiger partial charge >= 0.3 is 0 Å². The molecule has 0 fully saturated rings. The first-order valence-electron chi connectivity index (χ1n) is 7.14. The van der Waals surface area contributed by atoms with Crippen molar-refractivity contribution in [2.75, 3.05) is 6.61 Å². The van der Waals surface area contributed by atoms with Crippen LogP contribution in [-0.4, -0.2) is 23.2 Å². The SMILES string of the molecule is CC(C)(C)[Si](C)(C)OCC1C=CC(O[Si](C)(C)C)=C1. The number of rotatable bonds is 5. The Hall–Kier alpha value is -0.326. The van der Waals surface area contributed by atoms with E-state index >= 15 is 0 Å². The molecule has 1 aliphatic rings. The molecule has 0 bridgehead atoms. The van der Waals surface area contributed by atoms with Crippen molar-refractivity contribution in [3.8, 4) is 0 Å². The molecule has 110 valence electrons. The van der Waals surface area contributed by atoms with Crippen LogP contribution in [0.2, 0.25) is 37.8 Å². The average molecular weight is 299 g/mol. The van der Waals surface area contributed by atoms with Crippen LogP contribution in [0.25, 0.3) is 0 Å². The number of hydrogen-bond donors (Lipinski definition) is 0. The quantitative estimate of drug-likeness (QED) is 0.670. The predicted molar refractivity (Wildman–Crippen MR) is 88.3 cm³/mol. The Bertz CT molecular complexity index is 371. The minimum atomic E-state index is -1.64. The van der Waals surface area contributed by atoms with Gasteiger partial charge in [0.05, 0.1) is 5.76 Å². The molecule has 0 aliphatic heterocycles. The Kier molecular flexibility index (Phi) is 4.91. The molecule has 1 aliphatic carbocycles. The highest BCUT2D eigenvalue weighted by Crippen LogP contribution is 2.37. The predicted octanol–water partition coefficient (Wildman–Crippen LogP) is 4.93. The summed E-state index contributed by atoms with van der Waals surface area (Å²) in [4.78, 5) is 0. The Balaban J connectivity index is 2.52. The molecule has 0 spiro atoms. The minimum absolute atomic E-state index is 0.274. The lowest BCUT2D eigenvalue weighted by Gasteiger charge is -2.36. The molecule has 19 heavy (non-hydrogen) atoms. The van der Waals surface area contributed by atoms with Crippen LogP contribution >= 0.6 is 0 Å². The summed E-state index contributed by atoms with van der Waals surface area (Å²) in [7, 11) is -3.13. The van der Waals surface area contributed by atoms with E-state index in [4.69, 9.17) is 8.85 Å². The van der Waals surface area contributed by atoms with Crippen molar-refractivity contribution in [1.82, 2.24) is 0 Å². The van der Waals surface area contributed by atoms with Crippen molar-refractivity contribution < 1.29 is 8.85 Å². The van der Waals surface area contributed by atoms with Gasteiger partial charge in [-0.15, -0.1) is 0 Å². The summed E-state index contributed by atoms with van der Waals surface area (Å²) in [5, 5.41) is 0.274. The third-order valence-electron chi connectivity index (χ3n) is 3.75. The highest BCUT2D eigenvalue weighted by Gasteiger charge is 2.37. The van der Waals surface area contributed by atoms with Gasteiger partial charge in [0.15, 0.2) is 8.32 Å². The first-order valence-corrected chi connectivity index (χ1v) is 13.5. The summed E-state index contributed by atoms with van der Waals surface area (Å²) in [6.45, 7) is 18.8. The molecule has 0 aromatic rings. The van der Waals surface area contributed by atoms with E-state index in [2.05, 4.69) is 71.7 Å². The fraction of sp³-hybridized carbons (Fsp3) is 0.733. The van der Waals surface area contributed by atoms with Gasteiger partial charge in [0, 0.05) is 12.5 Å². The van der Waals surface area contributed by atoms with E-state index in [0.29, 0.717) is 5.92 Å². The van der Waals surface area contributed by atoms with Crippen molar-refractivity contribution >= 4 is 16.6 Å². The van der Waals surface area contributed by atoms with Gasteiger partial charge in [0.1, 0.15) is 0 Å². The first-order chi connectivity index (χ1) is 8.41. The summed E-state index contributed by atoms with van der Waals surface area (Å²) < 4.78 is 12.3. The molecule has 0 aromatic heterocycles. The highest BCUT2D eigenvalue weighted by atomic mass is 28.4. The zero-order valence-corrected chi connectivity index (χ0v) is 15.8. The molecule has 0 radical (unpaired) electrons. The summed E-state index contributed by atoms with van der Waals surface area (Å²) >= 11 is 0. The molecular weight excluding hydrogens is 268 g/mol. The second kappa shape index (κ2) is 5.58. The van der Waals surface area contributed by atoms with Crippen LogP contribution in [0.3, 0.4) is 0 Å². The fourth-order valence-electron chi connectivity index (χ4n) is 1.59. The van der Waals surface area contributed by atoms with E-state index < -0.39 is 16.6 Å². The lowest BCUT2D eigenvalue weighted by atomic mass is 10.2. The number of hydrogen-bond acceptors (Lipinski definition) is 2. The lowest BCUT2D eigenvalue weighted by Crippen LogP contribution is -2.41. The highest BCUT2D eigenvalue weighted by molar-refractivity contribution is 6.74. The summed E-state index contributed by atoms with van der Waals surface area (Å²) in [5.74, 6) is 1.41. The second-order valence-electron chi connectivity index (χ2n) is 7.88. The van der Waals surface area contributed by atoms with Crippen LogP contribution < -0.4 is 0 Å². The van der Waals surface area contributed by atoms with Crippen LogP contribution in [0.5, 0.6) is 0 Å². The normalized spacial score (nSPS) is 20.6. The molecule has 0 N–H and O–H groups in total. The first kappa shape index (κ1) is 16.7. The molecule has 4 heteroatoms. The van der Waals surface area contributed by atoms with Crippen molar-refractivity contribution in [3.63, 3.8) is 0 Å².